The van der Waals surface area contributed by atoms with Gasteiger partial charge < -0.3 is 19.7 Å². The standard InChI is InChI=1S/C33H28FN3O6/c1-42-24-15-11-21(12-16-24)30(32(40)35-23-13-17-25(43-2)18-14-23)37(19-22-7-3-5-9-27(22)34)29(38)20-36-28-10-6-4-8-26(28)31(39)33(36)41/h3-18,30H,19-20H2,1-2H3,(H,35,40). The zero-order chi connectivity index (χ0) is 30.5. The summed E-state index contributed by atoms with van der Waals surface area (Å²) in [7, 11) is 3.03. The number of hydrogen-bond donors (Lipinski definition) is 1. The van der Waals surface area contributed by atoms with Crippen molar-refractivity contribution in [3.63, 3.8) is 0 Å². The fraction of sp³-hybridized carbons (Fsp3) is 0.152. The molecule has 5 rings (SSSR count). The average molecular weight is 582 g/mol. The Morgan fingerprint density at radius 3 is 2.09 bits per heavy atom. The van der Waals surface area contributed by atoms with Crippen molar-refractivity contribution in [2.75, 3.05) is 31.0 Å². The lowest BCUT2D eigenvalue weighted by Gasteiger charge is -2.33. The van der Waals surface area contributed by atoms with Gasteiger partial charge in [0.15, 0.2) is 0 Å². The van der Waals surface area contributed by atoms with Crippen molar-refractivity contribution < 1.29 is 33.0 Å². The average Bonchev–Trinajstić information content (AvgIpc) is 3.27. The molecule has 1 unspecified atom stereocenters. The van der Waals surface area contributed by atoms with E-state index in [1.54, 1.807) is 72.8 Å². The van der Waals surface area contributed by atoms with E-state index >= 15 is 0 Å². The Morgan fingerprint density at radius 1 is 0.837 bits per heavy atom. The van der Waals surface area contributed by atoms with Crippen LogP contribution < -0.4 is 19.7 Å². The van der Waals surface area contributed by atoms with E-state index in [0.717, 1.165) is 4.90 Å². The smallest absolute Gasteiger partial charge is 0.299 e. The molecule has 0 bridgehead atoms. The number of nitrogens with zero attached hydrogens (tertiary/aromatic N) is 2. The van der Waals surface area contributed by atoms with E-state index in [1.165, 1.54) is 43.4 Å². The number of amides is 3. The number of benzene rings is 4. The number of methoxy groups -OCH3 is 2. The molecule has 4 aromatic carbocycles. The van der Waals surface area contributed by atoms with Gasteiger partial charge in [-0.2, -0.15) is 0 Å². The summed E-state index contributed by atoms with van der Waals surface area (Å²) in [6, 6.07) is 24.2. The third-order valence-corrected chi connectivity index (χ3v) is 7.14. The SMILES string of the molecule is COc1ccc(NC(=O)C(c2ccc(OC)cc2)N(Cc2ccccc2F)C(=O)CN2C(=O)C(=O)c3ccccc32)cc1. The number of Topliss-reactive ketones (excluding diaryl/α,β-unsaturated/α-hetero) is 1. The number of nitrogens with one attached hydrogen (secondary N) is 1. The Bertz CT molecular complexity index is 1670. The number of ketones is 1. The maximum absolute atomic E-state index is 14.9. The second-order valence-electron chi connectivity index (χ2n) is 9.74. The molecule has 1 aliphatic rings. The van der Waals surface area contributed by atoms with Crippen LogP contribution in [0.1, 0.15) is 27.5 Å². The predicted molar refractivity (Wildman–Crippen MR) is 157 cm³/mol. The predicted octanol–water partition coefficient (Wildman–Crippen LogP) is 4.78. The molecule has 1 N–H and O–H groups in total. The molecule has 0 saturated heterocycles. The van der Waals surface area contributed by atoms with Crippen molar-refractivity contribution in [3.8, 4) is 11.5 Å². The van der Waals surface area contributed by atoms with Crippen LogP contribution in [0, 0.1) is 5.82 Å². The summed E-state index contributed by atoms with van der Waals surface area (Å²) in [5.41, 5.74) is 1.50. The van der Waals surface area contributed by atoms with Gasteiger partial charge in [-0.3, -0.25) is 24.1 Å². The number of ether oxygens (including phenoxy) is 2. The highest BCUT2D eigenvalue weighted by Gasteiger charge is 2.39. The molecule has 10 heteroatoms. The molecular weight excluding hydrogens is 553 g/mol. The lowest BCUT2D eigenvalue weighted by atomic mass is 10.0. The largest absolute Gasteiger partial charge is 0.497 e. The molecule has 0 radical (unpaired) electrons. The molecule has 43 heavy (non-hydrogen) atoms. The number of halogens is 1. The number of rotatable bonds is 10. The molecule has 0 fully saturated rings. The highest BCUT2D eigenvalue weighted by molar-refractivity contribution is 6.52. The van der Waals surface area contributed by atoms with Crippen LogP contribution in [0.3, 0.4) is 0 Å². The second kappa shape index (κ2) is 12.6. The minimum Gasteiger partial charge on any atom is -0.497 e. The van der Waals surface area contributed by atoms with Crippen molar-refractivity contribution in [1.29, 1.82) is 0 Å². The monoisotopic (exact) mass is 581 g/mol. The van der Waals surface area contributed by atoms with Crippen LogP contribution in [0.15, 0.2) is 97.1 Å². The first-order chi connectivity index (χ1) is 20.8. The van der Waals surface area contributed by atoms with Crippen LogP contribution in [-0.2, 0) is 20.9 Å². The fourth-order valence-electron chi connectivity index (χ4n) is 4.91. The molecule has 1 aliphatic heterocycles. The van der Waals surface area contributed by atoms with Crippen molar-refractivity contribution in [2.45, 2.75) is 12.6 Å². The highest BCUT2D eigenvalue weighted by Crippen LogP contribution is 2.31. The molecule has 4 aromatic rings. The molecule has 0 spiro atoms. The third kappa shape index (κ3) is 6.08. The molecule has 0 aromatic heterocycles. The van der Waals surface area contributed by atoms with E-state index in [4.69, 9.17) is 9.47 Å². The van der Waals surface area contributed by atoms with Gasteiger partial charge in [0, 0.05) is 17.8 Å². The topological polar surface area (TPSA) is 105 Å². The second-order valence-corrected chi connectivity index (χ2v) is 9.74. The van der Waals surface area contributed by atoms with Gasteiger partial charge in [-0.25, -0.2) is 4.39 Å². The molecular formula is C33H28FN3O6. The maximum atomic E-state index is 14.9. The third-order valence-electron chi connectivity index (χ3n) is 7.14. The first kappa shape index (κ1) is 29.0. The van der Waals surface area contributed by atoms with Crippen molar-refractivity contribution in [1.82, 2.24) is 4.90 Å². The number of para-hydroxylation sites is 1. The summed E-state index contributed by atoms with van der Waals surface area (Å²) in [4.78, 5) is 56.0. The summed E-state index contributed by atoms with van der Waals surface area (Å²) >= 11 is 0. The summed E-state index contributed by atoms with van der Waals surface area (Å²) in [5.74, 6) is -2.29. The van der Waals surface area contributed by atoms with Crippen molar-refractivity contribution in [3.05, 3.63) is 120 Å². The molecule has 218 valence electrons. The van der Waals surface area contributed by atoms with Gasteiger partial charge in [0.05, 0.1) is 25.5 Å². The Labute approximate surface area is 247 Å². The van der Waals surface area contributed by atoms with Crippen LogP contribution in [0.4, 0.5) is 15.8 Å². The van der Waals surface area contributed by atoms with Crippen LogP contribution in [-0.4, -0.2) is 49.2 Å². The van der Waals surface area contributed by atoms with Crippen molar-refractivity contribution in [2.24, 2.45) is 0 Å². The fourth-order valence-corrected chi connectivity index (χ4v) is 4.91. The molecule has 0 saturated carbocycles. The van der Waals surface area contributed by atoms with Gasteiger partial charge >= 0.3 is 0 Å². The number of hydrogen-bond acceptors (Lipinski definition) is 6. The Morgan fingerprint density at radius 2 is 1.44 bits per heavy atom. The van der Waals surface area contributed by atoms with E-state index in [0.29, 0.717) is 28.4 Å². The summed E-state index contributed by atoms with van der Waals surface area (Å²) in [6.45, 7) is -0.839. The maximum Gasteiger partial charge on any atom is 0.299 e. The van der Waals surface area contributed by atoms with E-state index in [2.05, 4.69) is 5.32 Å². The van der Waals surface area contributed by atoms with Gasteiger partial charge in [0.25, 0.3) is 17.6 Å². The van der Waals surface area contributed by atoms with Crippen molar-refractivity contribution >= 4 is 34.9 Å². The number of carbonyl (C=O) groups excluding carboxylic acids is 4. The quantitative estimate of drug-likeness (QED) is 0.270. The Hall–Kier alpha value is -5.51. The van der Waals surface area contributed by atoms with E-state index in [-0.39, 0.29) is 17.7 Å². The Kier molecular flexibility index (Phi) is 8.47. The molecule has 3 amide bonds. The van der Waals surface area contributed by atoms with Crippen LogP contribution in [0.25, 0.3) is 0 Å². The van der Waals surface area contributed by atoms with Gasteiger partial charge in [-0.15, -0.1) is 0 Å². The minimum absolute atomic E-state index is 0.163. The highest BCUT2D eigenvalue weighted by atomic mass is 19.1. The van der Waals surface area contributed by atoms with E-state index in [9.17, 15) is 23.6 Å². The normalized spacial score (nSPS) is 12.9. The van der Waals surface area contributed by atoms with Gasteiger partial charge in [-0.1, -0.05) is 42.5 Å². The van der Waals surface area contributed by atoms with E-state index in [1.807, 2.05) is 0 Å². The zero-order valence-electron chi connectivity index (χ0n) is 23.5. The molecule has 0 aliphatic carbocycles. The van der Waals surface area contributed by atoms with Crippen LogP contribution in [0.2, 0.25) is 0 Å². The number of carbonyl (C=O) groups is 4. The summed E-state index contributed by atoms with van der Waals surface area (Å²) in [6.07, 6.45) is 0. The minimum atomic E-state index is -1.26. The van der Waals surface area contributed by atoms with Gasteiger partial charge in [0.2, 0.25) is 5.91 Å². The first-order valence-electron chi connectivity index (χ1n) is 13.4. The van der Waals surface area contributed by atoms with Gasteiger partial charge in [0.1, 0.15) is 29.9 Å². The number of anilines is 2. The molecule has 1 atom stereocenters. The molecule has 1 heterocycles. The zero-order valence-corrected chi connectivity index (χ0v) is 23.5. The Balaban J connectivity index is 1.56. The van der Waals surface area contributed by atoms with Crippen LogP contribution >= 0.6 is 0 Å². The summed E-state index contributed by atoms with van der Waals surface area (Å²) < 4.78 is 25.4. The van der Waals surface area contributed by atoms with Gasteiger partial charge in [-0.05, 0) is 60.2 Å². The summed E-state index contributed by atoms with van der Waals surface area (Å²) in [5, 5.41) is 2.83. The van der Waals surface area contributed by atoms with E-state index < -0.39 is 41.9 Å². The lowest BCUT2D eigenvalue weighted by molar-refractivity contribution is -0.139. The first-order valence-corrected chi connectivity index (χ1v) is 13.4. The van der Waals surface area contributed by atoms with Crippen LogP contribution in [0.5, 0.6) is 11.5 Å². The number of fused-ring (bicyclic) bond motifs is 1. The lowest BCUT2D eigenvalue weighted by Crippen LogP contribution is -2.46. The molecule has 9 nitrogen and oxygen atoms in total.